The summed E-state index contributed by atoms with van der Waals surface area (Å²) in [6.45, 7) is 7.19. The number of hydrogen-bond donors (Lipinski definition) is 0. The van der Waals surface area contributed by atoms with Crippen LogP contribution in [-0.2, 0) is 15.5 Å². The molecule has 0 N–H and O–H groups in total. The summed E-state index contributed by atoms with van der Waals surface area (Å²) in [6.07, 6.45) is 1.09. The predicted octanol–water partition coefficient (Wildman–Crippen LogP) is -0.788. The third-order valence-electron chi connectivity index (χ3n) is 4.14. The van der Waals surface area contributed by atoms with E-state index in [-0.39, 0.29) is 62.6 Å². The molecule has 6 heteroatoms. The normalized spacial score (nSPS) is 16.6. The first-order chi connectivity index (χ1) is 9.23. The fourth-order valence-corrected chi connectivity index (χ4v) is 3.27. The molecule has 0 aliphatic carbocycles. The van der Waals surface area contributed by atoms with Gasteiger partial charge < -0.3 is 4.55 Å². The summed E-state index contributed by atoms with van der Waals surface area (Å²) in [7, 11) is -4.10. The van der Waals surface area contributed by atoms with E-state index >= 15 is 0 Å². The van der Waals surface area contributed by atoms with Gasteiger partial charge in [-0.1, -0.05) is 19.4 Å². The fourth-order valence-electron chi connectivity index (χ4n) is 2.71. The van der Waals surface area contributed by atoms with Crippen LogP contribution in [0.1, 0.15) is 39.2 Å². The van der Waals surface area contributed by atoms with Crippen molar-refractivity contribution in [3.8, 4) is 0 Å². The Kier molecular flexibility index (Phi) is 6.81. The largest absolute Gasteiger partial charge is 1.00 e. The Morgan fingerprint density at radius 3 is 2.62 bits per heavy atom. The minimum absolute atomic E-state index is 0. The average Bonchev–Trinajstić information content (AvgIpc) is 2.54. The van der Waals surface area contributed by atoms with Gasteiger partial charge in [-0.3, -0.25) is 0 Å². The topological polar surface area (TPSA) is 60.2 Å². The van der Waals surface area contributed by atoms with Crippen LogP contribution < -0.4 is 51.4 Å². The molecule has 2 rings (SSSR count). The van der Waals surface area contributed by atoms with Crippen molar-refractivity contribution < 1.29 is 68.9 Å². The van der Waals surface area contributed by atoms with Gasteiger partial charge in [0, 0.05) is 24.5 Å². The first-order valence-corrected chi connectivity index (χ1v) is 8.37. The molecule has 0 atom stereocenters. The summed E-state index contributed by atoms with van der Waals surface area (Å²) in [4.78, 5) is 0. The molecule has 1 heterocycles. The summed E-state index contributed by atoms with van der Waals surface area (Å²) in [5.41, 5.74) is 3.62. The van der Waals surface area contributed by atoms with Gasteiger partial charge in [0.15, 0.2) is 5.71 Å². The predicted molar refractivity (Wildman–Crippen MR) is 77.6 cm³/mol. The third kappa shape index (κ3) is 4.47. The maximum absolute atomic E-state index is 10.6. The van der Waals surface area contributed by atoms with E-state index in [1.807, 2.05) is 18.2 Å². The van der Waals surface area contributed by atoms with Crippen LogP contribution in [0.4, 0.5) is 5.69 Å². The standard InChI is InChI=1S/C15H21NO3S.K/c1-12-15(2,3)13-8-4-5-9-14(13)16(12)10-6-7-11-20(17,18)19;/h5,8-9H,6-7,10-11H2,1-3H3,(H,17,18,19);/q;+1/p-1. The quantitative estimate of drug-likeness (QED) is 0.233. The second-order valence-corrected chi connectivity index (χ2v) is 7.30. The minimum atomic E-state index is -4.10. The van der Waals surface area contributed by atoms with E-state index in [2.05, 4.69) is 31.4 Å². The van der Waals surface area contributed by atoms with Crippen molar-refractivity contribution in [3.05, 3.63) is 29.8 Å². The van der Waals surface area contributed by atoms with Crippen molar-refractivity contribution in [3.63, 3.8) is 0 Å². The Morgan fingerprint density at radius 1 is 1.33 bits per heavy atom. The first kappa shape index (κ1) is 19.5. The van der Waals surface area contributed by atoms with Gasteiger partial charge in [-0.05, 0) is 6.42 Å². The van der Waals surface area contributed by atoms with E-state index in [0.29, 0.717) is 12.8 Å². The molecule has 1 aliphatic heterocycles. The first-order valence-electron chi connectivity index (χ1n) is 6.79. The molecule has 0 bridgehead atoms. The molecule has 0 amide bonds. The van der Waals surface area contributed by atoms with Gasteiger partial charge in [0.1, 0.15) is 12.2 Å². The van der Waals surface area contributed by atoms with Gasteiger partial charge in [-0.15, -0.1) is 6.07 Å². The molecule has 0 saturated heterocycles. The van der Waals surface area contributed by atoms with E-state index in [1.165, 1.54) is 11.3 Å². The maximum Gasteiger partial charge on any atom is 1.00 e. The molecule has 1 aromatic carbocycles. The molecule has 4 nitrogen and oxygen atoms in total. The summed E-state index contributed by atoms with van der Waals surface area (Å²) >= 11 is 0. The van der Waals surface area contributed by atoms with E-state index in [0.717, 1.165) is 12.2 Å². The molecule has 0 radical (unpaired) electrons. The van der Waals surface area contributed by atoms with Crippen molar-refractivity contribution in [2.24, 2.45) is 0 Å². The number of rotatable bonds is 5. The molecule has 0 aromatic heterocycles. The van der Waals surface area contributed by atoms with Crippen molar-refractivity contribution in [1.29, 1.82) is 0 Å². The van der Waals surface area contributed by atoms with Crippen LogP contribution in [-0.4, -0.2) is 35.6 Å². The Hall–Kier alpha value is 0.436. The molecule has 0 spiro atoms. The van der Waals surface area contributed by atoms with E-state index in [4.69, 9.17) is 0 Å². The van der Waals surface area contributed by atoms with Gasteiger partial charge in [0.2, 0.25) is 0 Å². The SMILES string of the molecule is CC1=[N+](CCCCS(=O)(=O)[O-])c2cc[c-]cc2C1(C)C.[K+]. The Morgan fingerprint density at radius 2 is 2.00 bits per heavy atom. The number of benzene rings is 1. The van der Waals surface area contributed by atoms with E-state index < -0.39 is 10.1 Å². The van der Waals surface area contributed by atoms with Gasteiger partial charge in [0.25, 0.3) is 0 Å². The van der Waals surface area contributed by atoms with Crippen LogP contribution in [0.5, 0.6) is 0 Å². The average molecular weight is 333 g/mol. The zero-order valence-corrected chi connectivity index (χ0v) is 17.1. The van der Waals surface area contributed by atoms with Gasteiger partial charge in [-0.2, -0.15) is 18.2 Å². The van der Waals surface area contributed by atoms with Crippen LogP contribution >= 0.6 is 0 Å². The molecule has 1 aliphatic rings. The summed E-state index contributed by atoms with van der Waals surface area (Å²) < 4.78 is 34.1. The van der Waals surface area contributed by atoms with Crippen LogP contribution in [0, 0.1) is 6.07 Å². The minimum Gasteiger partial charge on any atom is -0.748 e. The van der Waals surface area contributed by atoms with Crippen LogP contribution in [0.2, 0.25) is 0 Å². The van der Waals surface area contributed by atoms with Crippen LogP contribution in [0.3, 0.4) is 0 Å². The summed E-state index contributed by atoms with van der Waals surface area (Å²) in [5, 5.41) is 0. The Labute approximate surface area is 169 Å². The van der Waals surface area contributed by atoms with Crippen molar-refractivity contribution in [1.82, 2.24) is 0 Å². The van der Waals surface area contributed by atoms with Gasteiger partial charge in [-0.25, -0.2) is 13.0 Å². The third-order valence-corrected chi connectivity index (χ3v) is 4.93. The molecule has 1 aromatic rings. The van der Waals surface area contributed by atoms with E-state index in [9.17, 15) is 13.0 Å². The van der Waals surface area contributed by atoms with Gasteiger partial charge in [0.05, 0.1) is 10.1 Å². The maximum atomic E-state index is 10.6. The monoisotopic (exact) mass is 333 g/mol. The summed E-state index contributed by atoms with van der Waals surface area (Å²) in [6, 6.07) is 9.06. The fraction of sp³-hybridized carbons (Fsp3) is 0.533. The molecule has 110 valence electrons. The molecule has 21 heavy (non-hydrogen) atoms. The molecule has 0 unspecified atom stereocenters. The number of hydrogen-bond acceptors (Lipinski definition) is 3. The van der Waals surface area contributed by atoms with Crippen molar-refractivity contribution >= 4 is 21.5 Å². The van der Waals surface area contributed by atoms with Crippen molar-refractivity contribution in [2.45, 2.75) is 39.0 Å². The summed E-state index contributed by atoms with van der Waals surface area (Å²) in [5.74, 6) is -0.279. The smallest absolute Gasteiger partial charge is 0.748 e. The number of nitrogens with zero attached hydrogens (tertiary/aromatic N) is 1. The molecular formula is C15H20KNO3S. The number of unbranched alkanes of at least 4 members (excludes halogenated alkanes) is 1. The molecule has 0 fully saturated rings. The number of fused-ring (bicyclic) bond motifs is 1. The zero-order valence-electron chi connectivity index (χ0n) is 13.1. The molecular weight excluding hydrogens is 313 g/mol. The Bertz CT molecular complexity index is 651. The second-order valence-electron chi connectivity index (χ2n) is 5.77. The van der Waals surface area contributed by atoms with Crippen molar-refractivity contribution in [2.75, 3.05) is 12.3 Å². The zero-order chi connectivity index (χ0) is 15.0. The Balaban J connectivity index is 0.00000220. The second kappa shape index (κ2) is 7.34. The molecule has 0 saturated carbocycles. The van der Waals surface area contributed by atoms with Crippen LogP contribution in [0.15, 0.2) is 18.2 Å². The van der Waals surface area contributed by atoms with Gasteiger partial charge >= 0.3 is 51.4 Å². The van der Waals surface area contributed by atoms with E-state index in [1.54, 1.807) is 0 Å². The van der Waals surface area contributed by atoms with Crippen LogP contribution in [0.25, 0.3) is 0 Å².